The van der Waals surface area contributed by atoms with Crippen molar-refractivity contribution < 1.29 is 18.8 Å². The second kappa shape index (κ2) is 9.32. The number of carbonyl (C=O) groups excluding carboxylic acids is 1. The van der Waals surface area contributed by atoms with Gasteiger partial charge in [0.25, 0.3) is 0 Å². The third kappa shape index (κ3) is 3.99. The number of methoxy groups -OCH3 is 1. The molecule has 0 radical (unpaired) electrons. The Labute approximate surface area is 218 Å². The highest BCUT2D eigenvalue weighted by Gasteiger charge is 2.54. The molecule has 0 saturated carbocycles. The molecule has 4 aromatic rings. The van der Waals surface area contributed by atoms with E-state index >= 15 is 0 Å². The van der Waals surface area contributed by atoms with Gasteiger partial charge in [0.05, 0.1) is 18.3 Å². The number of hydrogen-bond acceptors (Lipinski definition) is 5. The summed E-state index contributed by atoms with van der Waals surface area (Å²) in [5, 5.41) is 4.88. The summed E-state index contributed by atoms with van der Waals surface area (Å²) >= 11 is 0. The van der Waals surface area contributed by atoms with Crippen molar-refractivity contribution in [1.82, 2.24) is 9.78 Å². The van der Waals surface area contributed by atoms with Crippen molar-refractivity contribution in [2.75, 3.05) is 7.11 Å². The summed E-state index contributed by atoms with van der Waals surface area (Å²) in [6, 6.07) is 30.2. The van der Waals surface area contributed by atoms with Crippen LogP contribution in [0.25, 0.3) is 0 Å². The maximum atomic E-state index is 13.5. The molecule has 1 fully saturated rings. The molecule has 1 saturated heterocycles. The lowest BCUT2D eigenvalue weighted by Gasteiger charge is -2.37. The zero-order chi connectivity index (χ0) is 26.3. The van der Waals surface area contributed by atoms with Crippen LogP contribution in [-0.2, 0) is 19.6 Å². The molecule has 2 heterocycles. The van der Waals surface area contributed by atoms with Gasteiger partial charge in [-0.1, -0.05) is 91.0 Å². The highest BCUT2D eigenvalue weighted by atomic mass is 16.7. The van der Waals surface area contributed by atoms with Crippen molar-refractivity contribution >= 4 is 18.6 Å². The fraction of sp³-hybridized carbons (Fsp3) is 0.267. The van der Waals surface area contributed by atoms with Crippen LogP contribution in [0.5, 0.6) is 0 Å². The molecule has 188 valence electrons. The summed E-state index contributed by atoms with van der Waals surface area (Å²) in [6.45, 7) is 7.93. The van der Waals surface area contributed by atoms with Gasteiger partial charge in [-0.25, -0.2) is 9.48 Å². The van der Waals surface area contributed by atoms with E-state index in [9.17, 15) is 4.79 Å². The largest absolute Gasteiger partial charge is 0.498 e. The second-order valence-corrected chi connectivity index (χ2v) is 10.2. The van der Waals surface area contributed by atoms with Crippen molar-refractivity contribution in [2.24, 2.45) is 0 Å². The van der Waals surface area contributed by atoms with Crippen LogP contribution < -0.4 is 5.46 Å². The van der Waals surface area contributed by atoms with E-state index in [-0.39, 0.29) is 5.69 Å². The Morgan fingerprint density at radius 1 is 0.784 bits per heavy atom. The summed E-state index contributed by atoms with van der Waals surface area (Å²) in [5.74, 6) is -0.519. The third-order valence-corrected chi connectivity index (χ3v) is 7.58. The minimum Gasteiger partial charge on any atom is -0.464 e. The molecule has 0 unspecified atom stereocenters. The summed E-state index contributed by atoms with van der Waals surface area (Å²) in [5.41, 5.74) is 1.50. The van der Waals surface area contributed by atoms with Gasteiger partial charge in [0.1, 0.15) is 11.2 Å². The van der Waals surface area contributed by atoms with Gasteiger partial charge in [0.2, 0.25) is 0 Å². The van der Waals surface area contributed by atoms with E-state index in [1.165, 1.54) is 7.11 Å². The zero-order valence-electron chi connectivity index (χ0n) is 21.8. The Bertz CT molecular complexity index is 1270. The quantitative estimate of drug-likeness (QED) is 0.219. The number of aromatic nitrogens is 2. The molecule has 37 heavy (non-hydrogen) atoms. The number of nitrogens with zero attached hydrogens (tertiary/aromatic N) is 2. The van der Waals surface area contributed by atoms with E-state index in [2.05, 4.69) is 36.4 Å². The normalized spacial score (nSPS) is 16.5. The first-order valence-electron chi connectivity index (χ1n) is 12.4. The fourth-order valence-electron chi connectivity index (χ4n) is 4.96. The molecule has 6 nitrogen and oxygen atoms in total. The molecular weight excluding hydrogens is 463 g/mol. The average Bonchev–Trinajstić information content (AvgIpc) is 3.44. The zero-order valence-corrected chi connectivity index (χ0v) is 21.8. The summed E-state index contributed by atoms with van der Waals surface area (Å²) in [6.07, 6.45) is 1.66. The summed E-state index contributed by atoms with van der Waals surface area (Å²) < 4.78 is 19.8. The SMILES string of the molecule is COC(=O)c1c(B2OC(C)(C)C(C)(C)O2)cnn1C(c1ccccc1)(c1ccccc1)c1ccccc1. The minimum atomic E-state index is -0.977. The monoisotopic (exact) mass is 494 g/mol. The van der Waals surface area contributed by atoms with Crippen molar-refractivity contribution in [3.05, 3.63) is 120 Å². The van der Waals surface area contributed by atoms with E-state index in [4.69, 9.17) is 19.1 Å². The molecule has 1 aromatic heterocycles. The number of hydrogen-bond donors (Lipinski definition) is 0. The van der Waals surface area contributed by atoms with Gasteiger partial charge in [-0.2, -0.15) is 5.10 Å². The van der Waals surface area contributed by atoms with Gasteiger partial charge in [-0.15, -0.1) is 0 Å². The van der Waals surface area contributed by atoms with Gasteiger partial charge in [0.15, 0.2) is 0 Å². The maximum Gasteiger partial charge on any atom is 0.498 e. The molecule has 3 aromatic carbocycles. The van der Waals surface area contributed by atoms with E-state index in [0.717, 1.165) is 16.7 Å². The lowest BCUT2D eigenvalue weighted by atomic mass is 9.75. The molecular formula is C30H31BN2O4. The van der Waals surface area contributed by atoms with Crippen LogP contribution in [0.4, 0.5) is 0 Å². The smallest absolute Gasteiger partial charge is 0.464 e. The van der Waals surface area contributed by atoms with E-state index in [0.29, 0.717) is 5.46 Å². The Kier molecular flexibility index (Phi) is 6.30. The highest BCUT2D eigenvalue weighted by Crippen LogP contribution is 2.42. The standard InChI is InChI=1S/C30H31BN2O4/c1-28(2)29(3,4)37-31(36-28)25-21-32-33(26(25)27(34)35-5)30(22-15-9-6-10-16-22,23-17-11-7-12-18-23)24-19-13-8-14-20-24/h6-21H,1-5H3. The number of rotatable bonds is 6. The third-order valence-electron chi connectivity index (χ3n) is 7.58. The van der Waals surface area contributed by atoms with Crippen LogP contribution in [-0.4, -0.2) is 41.2 Å². The molecule has 1 aliphatic rings. The van der Waals surface area contributed by atoms with Crippen molar-refractivity contribution in [3.63, 3.8) is 0 Å². The Morgan fingerprint density at radius 3 is 1.57 bits per heavy atom. The maximum absolute atomic E-state index is 13.5. The van der Waals surface area contributed by atoms with Gasteiger partial charge in [0, 0.05) is 11.7 Å². The fourth-order valence-corrected chi connectivity index (χ4v) is 4.96. The summed E-state index contributed by atoms with van der Waals surface area (Å²) in [4.78, 5) is 13.5. The van der Waals surface area contributed by atoms with Gasteiger partial charge < -0.3 is 14.0 Å². The van der Waals surface area contributed by atoms with Crippen LogP contribution in [0.1, 0.15) is 54.9 Å². The molecule has 0 amide bonds. The van der Waals surface area contributed by atoms with Crippen molar-refractivity contribution in [1.29, 1.82) is 0 Å². The van der Waals surface area contributed by atoms with E-state index in [1.807, 2.05) is 82.3 Å². The number of carbonyl (C=O) groups is 1. The average molecular weight is 494 g/mol. The number of benzene rings is 3. The molecule has 0 atom stereocenters. The molecule has 0 spiro atoms. The Balaban J connectivity index is 1.85. The molecule has 0 N–H and O–H groups in total. The van der Waals surface area contributed by atoms with Gasteiger partial charge in [-0.3, -0.25) is 0 Å². The second-order valence-electron chi connectivity index (χ2n) is 10.2. The van der Waals surface area contributed by atoms with Crippen LogP contribution in [0.3, 0.4) is 0 Å². The first kappa shape index (κ1) is 25.0. The first-order chi connectivity index (χ1) is 17.7. The Hall–Kier alpha value is -3.68. The lowest BCUT2D eigenvalue weighted by Crippen LogP contribution is -2.44. The minimum absolute atomic E-state index is 0.276. The number of esters is 1. The van der Waals surface area contributed by atoms with E-state index < -0.39 is 29.8 Å². The molecule has 0 bridgehead atoms. The summed E-state index contributed by atoms with van der Waals surface area (Å²) in [7, 11) is 0.594. The first-order valence-corrected chi connectivity index (χ1v) is 12.4. The van der Waals surface area contributed by atoms with E-state index in [1.54, 1.807) is 10.9 Å². The number of ether oxygens (including phenoxy) is 1. The van der Waals surface area contributed by atoms with Crippen molar-refractivity contribution in [2.45, 2.75) is 44.4 Å². The van der Waals surface area contributed by atoms with Crippen LogP contribution in [0.15, 0.2) is 97.2 Å². The molecule has 7 heteroatoms. The predicted molar refractivity (Wildman–Crippen MR) is 144 cm³/mol. The Morgan fingerprint density at radius 2 is 1.19 bits per heavy atom. The topological polar surface area (TPSA) is 62.6 Å². The van der Waals surface area contributed by atoms with Crippen LogP contribution in [0, 0.1) is 0 Å². The molecule has 1 aliphatic heterocycles. The van der Waals surface area contributed by atoms with Gasteiger partial charge >= 0.3 is 13.1 Å². The molecule has 0 aliphatic carbocycles. The van der Waals surface area contributed by atoms with Crippen LogP contribution in [0.2, 0.25) is 0 Å². The predicted octanol–water partition coefficient (Wildman–Crippen LogP) is 4.81. The van der Waals surface area contributed by atoms with Gasteiger partial charge in [-0.05, 0) is 44.4 Å². The molecule has 5 rings (SSSR count). The lowest BCUT2D eigenvalue weighted by molar-refractivity contribution is 0.00578. The van der Waals surface area contributed by atoms with Crippen LogP contribution >= 0.6 is 0 Å². The van der Waals surface area contributed by atoms with Crippen molar-refractivity contribution in [3.8, 4) is 0 Å². The highest BCUT2D eigenvalue weighted by molar-refractivity contribution is 6.63.